The van der Waals surface area contributed by atoms with Gasteiger partial charge in [-0.25, -0.2) is 13.1 Å². The molecule has 0 unspecified atom stereocenters. The number of nitrogens with one attached hydrogen (secondary N) is 1. The molecule has 0 aliphatic heterocycles. The fourth-order valence-corrected chi connectivity index (χ4v) is 2.79. The van der Waals surface area contributed by atoms with E-state index in [4.69, 9.17) is 18.0 Å². The predicted molar refractivity (Wildman–Crippen MR) is 77.9 cm³/mol. The molecule has 0 bridgehead atoms. The molecule has 0 saturated heterocycles. The van der Waals surface area contributed by atoms with Crippen LogP contribution >= 0.6 is 12.2 Å². The van der Waals surface area contributed by atoms with Gasteiger partial charge in [-0.1, -0.05) is 43.8 Å². The summed E-state index contributed by atoms with van der Waals surface area (Å²) in [6.45, 7) is 2.49. The summed E-state index contributed by atoms with van der Waals surface area (Å²) in [6, 6.07) is 6.98. The monoisotopic (exact) mass is 286 g/mol. The van der Waals surface area contributed by atoms with Crippen LogP contribution in [0.2, 0.25) is 0 Å². The third-order valence-corrected chi connectivity index (χ3v) is 4.01. The summed E-state index contributed by atoms with van der Waals surface area (Å²) in [4.78, 5) is 0.271. The van der Waals surface area contributed by atoms with Crippen LogP contribution < -0.4 is 10.5 Å². The van der Waals surface area contributed by atoms with Crippen molar-refractivity contribution in [3.05, 3.63) is 35.4 Å². The van der Waals surface area contributed by atoms with Crippen LogP contribution in [0.15, 0.2) is 24.3 Å². The van der Waals surface area contributed by atoms with Crippen molar-refractivity contribution in [1.82, 2.24) is 4.72 Å². The summed E-state index contributed by atoms with van der Waals surface area (Å²) in [5.41, 5.74) is 6.88. The largest absolute Gasteiger partial charge is 0.389 e. The third-order valence-electron chi connectivity index (χ3n) is 2.42. The summed E-state index contributed by atoms with van der Waals surface area (Å²) in [5, 5.41) is 0. The molecule has 4 nitrogen and oxygen atoms in total. The molecular formula is C12H18N2O2S2. The lowest BCUT2D eigenvalue weighted by Crippen LogP contribution is -2.26. The van der Waals surface area contributed by atoms with E-state index in [1.54, 1.807) is 24.3 Å². The fraction of sp³-hybridized carbons (Fsp3) is 0.417. The fourth-order valence-electron chi connectivity index (χ4n) is 1.49. The van der Waals surface area contributed by atoms with E-state index in [2.05, 4.69) is 4.72 Å². The second kappa shape index (κ2) is 6.82. The van der Waals surface area contributed by atoms with Crippen molar-refractivity contribution in [3.63, 3.8) is 0 Å². The molecule has 0 atom stereocenters. The van der Waals surface area contributed by atoms with E-state index in [-0.39, 0.29) is 10.7 Å². The average molecular weight is 286 g/mol. The highest BCUT2D eigenvalue weighted by Crippen LogP contribution is 2.08. The summed E-state index contributed by atoms with van der Waals surface area (Å²) in [7, 11) is -3.28. The van der Waals surface area contributed by atoms with Gasteiger partial charge in [-0.05, 0) is 18.1 Å². The van der Waals surface area contributed by atoms with Crippen molar-refractivity contribution >= 4 is 27.2 Å². The van der Waals surface area contributed by atoms with Crippen molar-refractivity contribution in [2.45, 2.75) is 25.5 Å². The molecule has 0 aromatic heterocycles. The van der Waals surface area contributed by atoms with Gasteiger partial charge in [0.15, 0.2) is 0 Å². The highest BCUT2D eigenvalue weighted by molar-refractivity contribution is 7.88. The number of thiocarbonyl (C=S) groups is 1. The molecule has 1 rings (SSSR count). The number of hydrogen-bond donors (Lipinski definition) is 2. The molecule has 6 heteroatoms. The highest BCUT2D eigenvalue weighted by atomic mass is 32.2. The Morgan fingerprint density at radius 2 is 2.17 bits per heavy atom. The van der Waals surface area contributed by atoms with Gasteiger partial charge in [0.2, 0.25) is 10.0 Å². The Labute approximate surface area is 114 Å². The summed E-state index contributed by atoms with van der Waals surface area (Å²) in [6.07, 6.45) is 1.80. The van der Waals surface area contributed by atoms with Crippen LogP contribution in [0.3, 0.4) is 0 Å². The Kier molecular flexibility index (Phi) is 5.71. The van der Waals surface area contributed by atoms with E-state index in [1.165, 1.54) is 0 Å². The second-order valence-electron chi connectivity index (χ2n) is 4.07. The van der Waals surface area contributed by atoms with E-state index in [1.807, 2.05) is 6.92 Å². The maximum atomic E-state index is 11.8. The van der Waals surface area contributed by atoms with Crippen LogP contribution in [0.4, 0.5) is 0 Å². The van der Waals surface area contributed by atoms with E-state index in [9.17, 15) is 8.42 Å². The van der Waals surface area contributed by atoms with Gasteiger partial charge >= 0.3 is 0 Å². The molecule has 0 amide bonds. The number of sulfonamides is 1. The first-order valence-corrected chi connectivity index (χ1v) is 7.87. The number of rotatable bonds is 7. The van der Waals surface area contributed by atoms with Gasteiger partial charge in [0.05, 0.1) is 5.75 Å². The summed E-state index contributed by atoms with van der Waals surface area (Å²) >= 11 is 4.86. The van der Waals surface area contributed by atoms with E-state index < -0.39 is 10.0 Å². The Morgan fingerprint density at radius 3 is 2.78 bits per heavy atom. The van der Waals surface area contributed by atoms with Gasteiger partial charge < -0.3 is 5.73 Å². The Bertz CT molecular complexity index is 513. The van der Waals surface area contributed by atoms with Crippen LogP contribution in [0.5, 0.6) is 0 Å². The molecular weight excluding hydrogens is 268 g/mol. The Morgan fingerprint density at radius 1 is 1.44 bits per heavy atom. The predicted octanol–water partition coefficient (Wildman–Crippen LogP) is 1.54. The normalized spacial score (nSPS) is 11.4. The van der Waals surface area contributed by atoms with Crippen molar-refractivity contribution in [2.24, 2.45) is 5.73 Å². The molecule has 0 saturated carbocycles. The van der Waals surface area contributed by atoms with Crippen molar-refractivity contribution in [3.8, 4) is 0 Å². The Balaban J connectivity index is 2.72. The molecule has 100 valence electrons. The summed E-state index contributed by atoms with van der Waals surface area (Å²) < 4.78 is 26.1. The van der Waals surface area contributed by atoms with E-state index in [0.717, 1.165) is 12.8 Å². The van der Waals surface area contributed by atoms with Crippen LogP contribution in [-0.4, -0.2) is 20.0 Å². The van der Waals surface area contributed by atoms with Gasteiger partial charge in [0.25, 0.3) is 0 Å². The van der Waals surface area contributed by atoms with Crippen molar-refractivity contribution in [1.29, 1.82) is 0 Å². The first-order valence-electron chi connectivity index (χ1n) is 5.80. The number of nitrogens with two attached hydrogens (primary N) is 1. The molecule has 1 aromatic carbocycles. The second-order valence-corrected chi connectivity index (χ2v) is 6.32. The van der Waals surface area contributed by atoms with Crippen molar-refractivity contribution in [2.75, 3.05) is 6.54 Å². The molecule has 3 N–H and O–H groups in total. The summed E-state index contributed by atoms with van der Waals surface area (Å²) in [5.74, 6) is -0.0484. The van der Waals surface area contributed by atoms with Gasteiger partial charge in [-0.2, -0.15) is 0 Å². The van der Waals surface area contributed by atoms with Gasteiger partial charge in [0.1, 0.15) is 4.99 Å². The van der Waals surface area contributed by atoms with E-state index >= 15 is 0 Å². The lowest BCUT2D eigenvalue weighted by atomic mass is 10.1. The molecule has 0 spiro atoms. The first kappa shape index (κ1) is 15.1. The SMILES string of the molecule is CCCCNS(=O)(=O)Cc1cccc(C(N)=S)c1. The molecule has 0 aliphatic rings. The Hall–Kier alpha value is -0.980. The molecule has 0 radical (unpaired) electrons. The van der Waals surface area contributed by atoms with Gasteiger partial charge in [-0.3, -0.25) is 0 Å². The zero-order chi connectivity index (χ0) is 13.6. The minimum Gasteiger partial charge on any atom is -0.389 e. The number of unbranched alkanes of at least 4 members (excludes halogenated alkanes) is 1. The highest BCUT2D eigenvalue weighted by Gasteiger charge is 2.11. The van der Waals surface area contributed by atoms with E-state index in [0.29, 0.717) is 17.7 Å². The molecule has 0 aliphatic carbocycles. The van der Waals surface area contributed by atoms with Crippen LogP contribution in [-0.2, 0) is 15.8 Å². The van der Waals surface area contributed by atoms with Gasteiger partial charge in [0, 0.05) is 12.1 Å². The van der Waals surface area contributed by atoms with Crippen molar-refractivity contribution < 1.29 is 8.42 Å². The van der Waals surface area contributed by atoms with Crippen LogP contribution in [0, 0.1) is 0 Å². The van der Waals surface area contributed by atoms with Crippen LogP contribution in [0.25, 0.3) is 0 Å². The quantitative estimate of drug-likeness (QED) is 0.589. The van der Waals surface area contributed by atoms with Crippen LogP contribution in [0.1, 0.15) is 30.9 Å². The maximum absolute atomic E-state index is 11.8. The first-order chi connectivity index (χ1) is 8.44. The van der Waals surface area contributed by atoms with Gasteiger partial charge in [-0.15, -0.1) is 0 Å². The minimum absolute atomic E-state index is 0.0484. The topological polar surface area (TPSA) is 72.2 Å². The standard InChI is InChI=1S/C12H18N2O2S2/c1-2-3-7-14-18(15,16)9-10-5-4-6-11(8-10)12(13)17/h4-6,8,14H,2-3,7,9H2,1H3,(H2,13,17). The number of hydrogen-bond acceptors (Lipinski definition) is 3. The molecule has 0 heterocycles. The third kappa shape index (κ3) is 5.12. The minimum atomic E-state index is -3.28. The number of benzene rings is 1. The average Bonchev–Trinajstić information content (AvgIpc) is 2.28. The zero-order valence-electron chi connectivity index (χ0n) is 10.3. The lowest BCUT2D eigenvalue weighted by molar-refractivity contribution is 0.577. The maximum Gasteiger partial charge on any atom is 0.215 e. The molecule has 0 fully saturated rings. The smallest absolute Gasteiger partial charge is 0.215 e. The lowest BCUT2D eigenvalue weighted by Gasteiger charge is -2.07. The molecule has 1 aromatic rings. The zero-order valence-corrected chi connectivity index (χ0v) is 12.0. The molecule has 18 heavy (non-hydrogen) atoms.